The Labute approximate surface area is 113 Å². The van der Waals surface area contributed by atoms with E-state index >= 15 is 0 Å². The first-order valence-electron chi connectivity index (χ1n) is 6.90. The Balaban J connectivity index is 1.65. The molecular weight excluding hydrogens is 242 g/mol. The van der Waals surface area contributed by atoms with Gasteiger partial charge in [0.1, 0.15) is 6.54 Å². The van der Waals surface area contributed by atoms with Crippen molar-refractivity contribution in [1.29, 1.82) is 0 Å². The lowest BCUT2D eigenvalue weighted by Gasteiger charge is -2.20. The quantitative estimate of drug-likeness (QED) is 0.776. The van der Waals surface area contributed by atoms with Crippen molar-refractivity contribution < 1.29 is 4.79 Å². The summed E-state index contributed by atoms with van der Waals surface area (Å²) in [6.07, 6.45) is 5.82. The molecule has 1 aliphatic rings. The molecule has 3 N–H and O–H groups in total. The van der Waals surface area contributed by atoms with Gasteiger partial charge in [-0.2, -0.15) is 5.10 Å². The topological polar surface area (TPSA) is 76.2 Å². The number of hydrogen-bond donors (Lipinski definition) is 2. The van der Waals surface area contributed by atoms with E-state index in [1.165, 1.54) is 25.9 Å². The zero-order valence-corrected chi connectivity index (χ0v) is 11.5. The maximum absolute atomic E-state index is 11.7. The molecule has 0 aliphatic carbocycles. The van der Waals surface area contributed by atoms with Gasteiger partial charge in [0.25, 0.3) is 0 Å². The third-order valence-corrected chi connectivity index (χ3v) is 3.38. The number of rotatable bonds is 6. The second-order valence-electron chi connectivity index (χ2n) is 5.39. The van der Waals surface area contributed by atoms with Crippen LogP contribution in [0.3, 0.4) is 0 Å². The summed E-state index contributed by atoms with van der Waals surface area (Å²) in [6, 6.07) is 0. The molecule has 2 heterocycles. The molecule has 2 rings (SSSR count). The molecule has 0 saturated carbocycles. The lowest BCUT2D eigenvalue weighted by Crippen LogP contribution is -2.36. The number of amides is 1. The molecule has 0 bridgehead atoms. The molecule has 106 valence electrons. The van der Waals surface area contributed by atoms with Crippen molar-refractivity contribution in [1.82, 2.24) is 20.0 Å². The van der Waals surface area contributed by atoms with Crippen LogP contribution in [0.5, 0.6) is 0 Å². The van der Waals surface area contributed by atoms with E-state index in [4.69, 9.17) is 5.73 Å². The number of anilines is 1. The Morgan fingerprint density at radius 3 is 2.89 bits per heavy atom. The molecule has 0 spiro atoms. The zero-order chi connectivity index (χ0) is 13.7. The smallest absolute Gasteiger partial charge is 0.241 e. The molecule has 1 atom stereocenters. The largest absolute Gasteiger partial charge is 0.396 e. The monoisotopic (exact) mass is 265 g/mol. The molecule has 6 heteroatoms. The number of hydrogen-bond acceptors (Lipinski definition) is 4. The van der Waals surface area contributed by atoms with Gasteiger partial charge in [-0.1, -0.05) is 6.92 Å². The molecule has 1 fully saturated rings. The van der Waals surface area contributed by atoms with E-state index in [1.807, 2.05) is 0 Å². The van der Waals surface area contributed by atoms with Gasteiger partial charge in [-0.05, 0) is 31.8 Å². The van der Waals surface area contributed by atoms with E-state index < -0.39 is 0 Å². The summed E-state index contributed by atoms with van der Waals surface area (Å²) in [5.74, 6) is 0.459. The molecule has 1 aromatic rings. The van der Waals surface area contributed by atoms with E-state index in [-0.39, 0.29) is 12.5 Å². The molecule has 0 radical (unpaired) electrons. The Kier molecular flexibility index (Phi) is 4.79. The minimum atomic E-state index is -0.0172. The predicted octanol–water partition coefficient (Wildman–Crippen LogP) is 0.313. The van der Waals surface area contributed by atoms with E-state index in [0.29, 0.717) is 18.2 Å². The molecular formula is C13H23N5O. The molecule has 1 saturated heterocycles. The van der Waals surface area contributed by atoms with Crippen molar-refractivity contribution in [3.8, 4) is 0 Å². The van der Waals surface area contributed by atoms with Gasteiger partial charge in [-0.25, -0.2) is 0 Å². The minimum Gasteiger partial charge on any atom is -0.396 e. The number of nitrogen functional groups attached to an aromatic ring is 1. The van der Waals surface area contributed by atoms with E-state index in [1.54, 1.807) is 17.1 Å². The summed E-state index contributed by atoms with van der Waals surface area (Å²) < 4.78 is 1.55. The standard InChI is InChI=1S/C13H23N5O/c1-11(8-17-4-2-3-5-17)6-15-13(19)10-18-9-12(14)7-16-18/h7,9,11H,2-6,8,10,14H2,1H3,(H,15,19). The van der Waals surface area contributed by atoms with Crippen LogP contribution in [0, 0.1) is 5.92 Å². The van der Waals surface area contributed by atoms with Crippen LogP contribution in [0.15, 0.2) is 12.4 Å². The van der Waals surface area contributed by atoms with Crippen molar-refractivity contribution >= 4 is 11.6 Å². The summed E-state index contributed by atoms with van der Waals surface area (Å²) in [5, 5.41) is 6.94. The summed E-state index contributed by atoms with van der Waals surface area (Å²) in [5.41, 5.74) is 6.13. The number of aromatic nitrogens is 2. The van der Waals surface area contributed by atoms with Crippen LogP contribution in [0.25, 0.3) is 0 Å². The van der Waals surface area contributed by atoms with E-state index in [0.717, 1.165) is 6.54 Å². The van der Waals surface area contributed by atoms with Crippen molar-refractivity contribution in [3.63, 3.8) is 0 Å². The highest BCUT2D eigenvalue weighted by Gasteiger charge is 2.15. The van der Waals surface area contributed by atoms with E-state index in [2.05, 4.69) is 22.2 Å². The first-order valence-corrected chi connectivity index (χ1v) is 6.90. The predicted molar refractivity (Wildman–Crippen MR) is 74.5 cm³/mol. The fraction of sp³-hybridized carbons (Fsp3) is 0.692. The fourth-order valence-electron chi connectivity index (χ4n) is 2.43. The summed E-state index contributed by atoms with van der Waals surface area (Å²) in [6.45, 7) is 6.58. The number of likely N-dealkylation sites (tertiary alicyclic amines) is 1. The lowest BCUT2D eigenvalue weighted by atomic mass is 10.1. The van der Waals surface area contributed by atoms with Crippen LogP contribution < -0.4 is 11.1 Å². The Bertz CT molecular complexity index is 411. The highest BCUT2D eigenvalue weighted by atomic mass is 16.2. The third kappa shape index (κ3) is 4.55. The lowest BCUT2D eigenvalue weighted by molar-refractivity contribution is -0.122. The van der Waals surface area contributed by atoms with Crippen LogP contribution >= 0.6 is 0 Å². The summed E-state index contributed by atoms with van der Waals surface area (Å²) >= 11 is 0. The molecule has 19 heavy (non-hydrogen) atoms. The van der Waals surface area contributed by atoms with Crippen LogP contribution in [-0.4, -0.2) is 46.8 Å². The van der Waals surface area contributed by atoms with Crippen molar-refractivity contribution in [2.45, 2.75) is 26.3 Å². The molecule has 1 aliphatic heterocycles. The maximum Gasteiger partial charge on any atom is 0.241 e. The number of nitrogens with zero attached hydrogens (tertiary/aromatic N) is 3. The Morgan fingerprint density at radius 1 is 1.53 bits per heavy atom. The SMILES string of the molecule is CC(CNC(=O)Cn1cc(N)cn1)CN1CCCC1. The highest BCUT2D eigenvalue weighted by Crippen LogP contribution is 2.09. The van der Waals surface area contributed by atoms with Crippen LogP contribution in [-0.2, 0) is 11.3 Å². The van der Waals surface area contributed by atoms with Crippen LogP contribution in [0.1, 0.15) is 19.8 Å². The first kappa shape index (κ1) is 13.9. The van der Waals surface area contributed by atoms with Gasteiger partial charge >= 0.3 is 0 Å². The molecule has 6 nitrogen and oxygen atoms in total. The van der Waals surface area contributed by atoms with Crippen LogP contribution in [0.4, 0.5) is 5.69 Å². The molecule has 1 amide bonds. The van der Waals surface area contributed by atoms with Gasteiger partial charge in [-0.3, -0.25) is 9.48 Å². The molecule has 1 aromatic heterocycles. The Morgan fingerprint density at radius 2 is 2.26 bits per heavy atom. The van der Waals surface area contributed by atoms with Gasteiger partial charge in [0.2, 0.25) is 5.91 Å². The number of carbonyl (C=O) groups is 1. The summed E-state index contributed by atoms with van der Waals surface area (Å²) in [4.78, 5) is 14.2. The first-order chi connectivity index (χ1) is 9.13. The third-order valence-electron chi connectivity index (χ3n) is 3.38. The van der Waals surface area contributed by atoms with Gasteiger partial charge in [0.15, 0.2) is 0 Å². The van der Waals surface area contributed by atoms with Crippen molar-refractivity contribution in [3.05, 3.63) is 12.4 Å². The maximum atomic E-state index is 11.7. The van der Waals surface area contributed by atoms with Crippen molar-refractivity contribution in [2.24, 2.45) is 5.92 Å². The minimum absolute atomic E-state index is 0.0172. The van der Waals surface area contributed by atoms with Gasteiger partial charge in [-0.15, -0.1) is 0 Å². The van der Waals surface area contributed by atoms with E-state index in [9.17, 15) is 4.79 Å². The second-order valence-corrected chi connectivity index (χ2v) is 5.39. The Hall–Kier alpha value is -1.56. The number of carbonyl (C=O) groups excluding carboxylic acids is 1. The normalized spacial score (nSPS) is 17.5. The second kappa shape index (κ2) is 6.56. The van der Waals surface area contributed by atoms with Gasteiger partial charge in [0, 0.05) is 19.3 Å². The molecule has 1 unspecified atom stereocenters. The average molecular weight is 265 g/mol. The van der Waals surface area contributed by atoms with Crippen LogP contribution in [0.2, 0.25) is 0 Å². The molecule has 0 aromatic carbocycles. The summed E-state index contributed by atoms with van der Waals surface area (Å²) in [7, 11) is 0. The van der Waals surface area contributed by atoms with Gasteiger partial charge in [0.05, 0.1) is 11.9 Å². The fourth-order valence-corrected chi connectivity index (χ4v) is 2.43. The van der Waals surface area contributed by atoms with Crippen molar-refractivity contribution in [2.75, 3.05) is 31.9 Å². The average Bonchev–Trinajstić information content (AvgIpc) is 2.99. The number of nitrogens with one attached hydrogen (secondary N) is 1. The number of nitrogens with two attached hydrogens (primary N) is 1. The highest BCUT2D eigenvalue weighted by molar-refractivity contribution is 5.75. The zero-order valence-electron chi connectivity index (χ0n) is 11.5. The van der Waals surface area contributed by atoms with Gasteiger partial charge < -0.3 is 16.0 Å².